The van der Waals surface area contributed by atoms with Gasteiger partial charge in [-0.05, 0) is 25.1 Å². The van der Waals surface area contributed by atoms with E-state index in [4.69, 9.17) is 10.5 Å². The van der Waals surface area contributed by atoms with Gasteiger partial charge in [-0.3, -0.25) is 0 Å². The Morgan fingerprint density at radius 3 is 2.88 bits per heavy atom. The van der Waals surface area contributed by atoms with Gasteiger partial charge < -0.3 is 10.5 Å². The summed E-state index contributed by atoms with van der Waals surface area (Å²) in [5.41, 5.74) is 6.46. The molecule has 1 heterocycles. The zero-order valence-corrected chi connectivity index (χ0v) is 9.22. The van der Waals surface area contributed by atoms with Crippen LogP contribution in [0.5, 0.6) is 5.75 Å². The van der Waals surface area contributed by atoms with Crippen molar-refractivity contribution in [3.8, 4) is 17.0 Å². The van der Waals surface area contributed by atoms with E-state index >= 15 is 0 Å². The molecular formula is C11H11FN4O. The normalized spacial score (nSPS) is 10.2. The Labute approximate surface area is 97.5 Å². The largest absolute Gasteiger partial charge is 0.491 e. The lowest BCUT2D eigenvalue weighted by Gasteiger charge is -2.06. The lowest BCUT2D eigenvalue weighted by atomic mass is 10.1. The molecule has 6 heteroatoms. The lowest BCUT2D eigenvalue weighted by molar-refractivity contribution is 0.321. The van der Waals surface area contributed by atoms with Crippen LogP contribution in [0.4, 0.5) is 10.3 Å². The molecule has 0 amide bonds. The maximum Gasteiger partial charge on any atom is 0.240 e. The molecule has 0 aliphatic rings. The van der Waals surface area contributed by atoms with E-state index in [1.54, 1.807) is 19.1 Å². The molecule has 1 aromatic carbocycles. The number of benzene rings is 1. The molecule has 0 bridgehead atoms. The molecule has 88 valence electrons. The summed E-state index contributed by atoms with van der Waals surface area (Å²) in [5, 5.41) is 7.19. The van der Waals surface area contributed by atoms with Crippen LogP contribution in [0.1, 0.15) is 6.92 Å². The van der Waals surface area contributed by atoms with Crippen LogP contribution < -0.4 is 10.5 Å². The van der Waals surface area contributed by atoms with Crippen LogP contribution in [-0.2, 0) is 0 Å². The number of nitrogens with zero attached hydrogens (tertiary/aromatic N) is 3. The smallest absolute Gasteiger partial charge is 0.240 e. The second kappa shape index (κ2) is 4.73. The Bertz CT molecular complexity index is 533. The van der Waals surface area contributed by atoms with Gasteiger partial charge >= 0.3 is 0 Å². The predicted molar refractivity (Wildman–Crippen MR) is 60.8 cm³/mol. The van der Waals surface area contributed by atoms with Crippen molar-refractivity contribution in [3.63, 3.8) is 0 Å². The van der Waals surface area contributed by atoms with E-state index in [2.05, 4.69) is 15.2 Å². The molecule has 17 heavy (non-hydrogen) atoms. The molecule has 0 aliphatic carbocycles. The van der Waals surface area contributed by atoms with Crippen molar-refractivity contribution in [1.29, 1.82) is 0 Å². The molecule has 0 fully saturated rings. The third kappa shape index (κ3) is 2.47. The summed E-state index contributed by atoms with van der Waals surface area (Å²) in [6.45, 7) is 2.21. The van der Waals surface area contributed by atoms with Crippen molar-refractivity contribution >= 4 is 5.95 Å². The quantitative estimate of drug-likeness (QED) is 0.874. The maximum atomic E-state index is 13.6. The van der Waals surface area contributed by atoms with Gasteiger partial charge in [0.2, 0.25) is 5.95 Å². The first kappa shape index (κ1) is 11.3. The minimum absolute atomic E-state index is 0.0526. The second-order valence-electron chi connectivity index (χ2n) is 3.28. The first-order chi connectivity index (χ1) is 8.20. The topological polar surface area (TPSA) is 73.9 Å². The van der Waals surface area contributed by atoms with E-state index in [1.807, 2.05) is 0 Å². The summed E-state index contributed by atoms with van der Waals surface area (Å²) in [6.07, 6.45) is 1.42. The SMILES string of the molecule is CCOc1ccc(-c2cnnc(N)n2)cc1F. The molecule has 0 aliphatic heterocycles. The van der Waals surface area contributed by atoms with Gasteiger partial charge in [0.25, 0.3) is 0 Å². The van der Waals surface area contributed by atoms with Crippen LogP contribution in [0.2, 0.25) is 0 Å². The highest BCUT2D eigenvalue weighted by Gasteiger charge is 2.07. The molecule has 5 nitrogen and oxygen atoms in total. The van der Waals surface area contributed by atoms with Gasteiger partial charge in [0.15, 0.2) is 11.6 Å². The summed E-state index contributed by atoms with van der Waals surface area (Å²) < 4.78 is 18.7. The van der Waals surface area contributed by atoms with E-state index in [0.717, 1.165) is 0 Å². The Morgan fingerprint density at radius 2 is 2.24 bits per heavy atom. The molecular weight excluding hydrogens is 223 g/mol. The third-order valence-electron chi connectivity index (χ3n) is 2.10. The van der Waals surface area contributed by atoms with Crippen LogP contribution in [0, 0.1) is 5.82 Å². The first-order valence-electron chi connectivity index (χ1n) is 5.08. The highest BCUT2D eigenvalue weighted by Crippen LogP contribution is 2.24. The van der Waals surface area contributed by atoms with Crippen molar-refractivity contribution in [2.75, 3.05) is 12.3 Å². The first-order valence-corrected chi connectivity index (χ1v) is 5.08. The fourth-order valence-corrected chi connectivity index (χ4v) is 1.39. The number of aromatic nitrogens is 3. The number of halogens is 1. The number of hydrogen-bond donors (Lipinski definition) is 1. The molecule has 0 atom stereocenters. The highest BCUT2D eigenvalue weighted by atomic mass is 19.1. The zero-order chi connectivity index (χ0) is 12.3. The summed E-state index contributed by atoms with van der Waals surface area (Å²) in [7, 11) is 0. The van der Waals surface area contributed by atoms with Gasteiger partial charge in [-0.1, -0.05) is 0 Å². The van der Waals surface area contributed by atoms with Crippen molar-refractivity contribution in [1.82, 2.24) is 15.2 Å². The number of hydrogen-bond acceptors (Lipinski definition) is 5. The number of nitrogen functional groups attached to an aromatic ring is 1. The van der Waals surface area contributed by atoms with E-state index in [9.17, 15) is 4.39 Å². The number of nitrogens with two attached hydrogens (primary N) is 1. The molecule has 0 spiro atoms. The predicted octanol–water partition coefficient (Wildman–Crippen LogP) is 1.66. The summed E-state index contributed by atoms with van der Waals surface area (Å²) in [5.74, 6) is -0.176. The van der Waals surface area contributed by atoms with Gasteiger partial charge in [0, 0.05) is 5.56 Å². The van der Waals surface area contributed by atoms with Gasteiger partial charge in [0.05, 0.1) is 18.5 Å². The molecule has 0 saturated heterocycles. The van der Waals surface area contributed by atoms with Crippen molar-refractivity contribution in [2.24, 2.45) is 0 Å². The minimum Gasteiger partial charge on any atom is -0.491 e. The van der Waals surface area contributed by atoms with E-state index in [1.165, 1.54) is 12.3 Å². The third-order valence-corrected chi connectivity index (χ3v) is 2.10. The van der Waals surface area contributed by atoms with Crippen molar-refractivity contribution < 1.29 is 9.13 Å². The average Bonchev–Trinajstić information content (AvgIpc) is 2.32. The Hall–Kier alpha value is -2.24. The van der Waals surface area contributed by atoms with Crippen LogP contribution in [-0.4, -0.2) is 21.8 Å². The van der Waals surface area contributed by atoms with Gasteiger partial charge in [-0.2, -0.15) is 5.10 Å². The molecule has 2 aromatic rings. The highest BCUT2D eigenvalue weighted by molar-refractivity contribution is 5.60. The fraction of sp³-hybridized carbons (Fsp3) is 0.182. The number of ether oxygens (including phenoxy) is 1. The molecule has 0 unspecified atom stereocenters. The molecule has 0 saturated carbocycles. The monoisotopic (exact) mass is 234 g/mol. The molecule has 0 radical (unpaired) electrons. The van der Waals surface area contributed by atoms with Crippen LogP contribution in [0.25, 0.3) is 11.3 Å². The number of anilines is 1. The maximum absolute atomic E-state index is 13.6. The zero-order valence-electron chi connectivity index (χ0n) is 9.22. The molecule has 2 rings (SSSR count). The fourth-order valence-electron chi connectivity index (χ4n) is 1.39. The Morgan fingerprint density at radius 1 is 1.41 bits per heavy atom. The second-order valence-corrected chi connectivity index (χ2v) is 3.28. The lowest BCUT2D eigenvalue weighted by Crippen LogP contribution is -1.99. The summed E-state index contributed by atoms with van der Waals surface area (Å²) >= 11 is 0. The van der Waals surface area contributed by atoms with Gasteiger partial charge in [-0.25, -0.2) is 9.37 Å². The van der Waals surface area contributed by atoms with Crippen LogP contribution in [0.3, 0.4) is 0 Å². The summed E-state index contributed by atoms with van der Waals surface area (Å²) in [6, 6.07) is 4.57. The van der Waals surface area contributed by atoms with E-state index in [0.29, 0.717) is 17.9 Å². The Balaban J connectivity index is 2.37. The van der Waals surface area contributed by atoms with Crippen molar-refractivity contribution in [2.45, 2.75) is 6.92 Å². The molecule has 2 N–H and O–H groups in total. The minimum atomic E-state index is -0.443. The average molecular weight is 234 g/mol. The van der Waals surface area contributed by atoms with Gasteiger partial charge in [0.1, 0.15) is 0 Å². The molecule has 1 aromatic heterocycles. The van der Waals surface area contributed by atoms with E-state index < -0.39 is 5.82 Å². The van der Waals surface area contributed by atoms with Crippen LogP contribution in [0.15, 0.2) is 24.4 Å². The van der Waals surface area contributed by atoms with Crippen molar-refractivity contribution in [3.05, 3.63) is 30.2 Å². The summed E-state index contributed by atoms with van der Waals surface area (Å²) in [4.78, 5) is 3.96. The van der Waals surface area contributed by atoms with Crippen LogP contribution >= 0.6 is 0 Å². The Kier molecular flexibility index (Phi) is 3.13. The number of rotatable bonds is 3. The van der Waals surface area contributed by atoms with E-state index in [-0.39, 0.29) is 11.7 Å². The standard InChI is InChI=1S/C11H11FN4O/c1-2-17-10-4-3-7(5-8(10)12)9-6-14-16-11(13)15-9/h3-6H,2H2,1H3,(H2,13,15,16). The van der Waals surface area contributed by atoms with Gasteiger partial charge in [-0.15, -0.1) is 5.10 Å².